The number of ether oxygens (including phenoxy) is 1. The van der Waals surface area contributed by atoms with Crippen LogP contribution in [-0.4, -0.2) is 23.8 Å². The molecular formula is C17H17ClN2O3. The van der Waals surface area contributed by atoms with Gasteiger partial charge < -0.3 is 9.84 Å². The number of nitrogens with zero attached hydrogens (tertiary/aromatic N) is 1. The van der Waals surface area contributed by atoms with E-state index in [2.05, 4.69) is 10.5 Å². The van der Waals surface area contributed by atoms with Gasteiger partial charge in [-0.2, -0.15) is 5.10 Å². The lowest BCUT2D eigenvalue weighted by atomic mass is 10.1. The van der Waals surface area contributed by atoms with Gasteiger partial charge in [0, 0.05) is 5.02 Å². The Balaban J connectivity index is 2.22. The first-order chi connectivity index (χ1) is 11.0. The van der Waals surface area contributed by atoms with Crippen molar-refractivity contribution < 1.29 is 14.6 Å². The Morgan fingerprint density at radius 1 is 1.26 bits per heavy atom. The summed E-state index contributed by atoms with van der Waals surface area (Å²) in [6, 6.07) is 11.4. The number of phenolic OH excluding ortho intramolecular Hbond substituents is 1. The summed E-state index contributed by atoms with van der Waals surface area (Å²) < 4.78 is 5.16. The van der Waals surface area contributed by atoms with E-state index in [1.54, 1.807) is 36.4 Å². The maximum Gasteiger partial charge on any atom is 0.275 e. The molecule has 1 amide bonds. The first kappa shape index (κ1) is 16.8. The van der Waals surface area contributed by atoms with Gasteiger partial charge in [-0.3, -0.25) is 4.79 Å². The molecule has 23 heavy (non-hydrogen) atoms. The average molecular weight is 333 g/mol. The molecular weight excluding hydrogens is 316 g/mol. The maximum absolute atomic E-state index is 12.3. The van der Waals surface area contributed by atoms with Crippen LogP contribution in [0.3, 0.4) is 0 Å². The van der Waals surface area contributed by atoms with Crippen molar-refractivity contribution in [2.24, 2.45) is 5.10 Å². The van der Waals surface area contributed by atoms with Crippen molar-refractivity contribution in [1.82, 2.24) is 5.43 Å². The van der Waals surface area contributed by atoms with Gasteiger partial charge in [0.1, 0.15) is 11.5 Å². The van der Waals surface area contributed by atoms with E-state index in [0.29, 0.717) is 28.5 Å². The number of rotatable bonds is 5. The monoisotopic (exact) mass is 332 g/mol. The van der Waals surface area contributed by atoms with Crippen LogP contribution in [0.25, 0.3) is 0 Å². The van der Waals surface area contributed by atoms with Crippen molar-refractivity contribution in [3.05, 3.63) is 58.6 Å². The van der Waals surface area contributed by atoms with Crippen LogP contribution in [0.1, 0.15) is 29.3 Å². The molecule has 0 spiro atoms. The molecule has 0 fully saturated rings. The molecule has 0 aromatic heterocycles. The quantitative estimate of drug-likeness (QED) is 0.649. The molecule has 6 heteroatoms. The normalized spacial score (nSPS) is 11.2. The zero-order chi connectivity index (χ0) is 16.8. The summed E-state index contributed by atoms with van der Waals surface area (Å²) in [4.78, 5) is 12.3. The smallest absolute Gasteiger partial charge is 0.275 e. The fourth-order valence-corrected chi connectivity index (χ4v) is 2.21. The highest BCUT2D eigenvalue weighted by Gasteiger charge is 2.13. The number of carbonyl (C=O) groups is 1. The van der Waals surface area contributed by atoms with Crippen LogP contribution in [-0.2, 0) is 0 Å². The van der Waals surface area contributed by atoms with E-state index in [9.17, 15) is 9.90 Å². The molecule has 0 saturated carbocycles. The third-order valence-corrected chi connectivity index (χ3v) is 3.47. The summed E-state index contributed by atoms with van der Waals surface area (Å²) in [5.74, 6) is 0.191. The second-order valence-electron chi connectivity index (χ2n) is 4.74. The van der Waals surface area contributed by atoms with E-state index in [1.165, 1.54) is 13.2 Å². The second kappa shape index (κ2) is 7.65. The fourth-order valence-electron chi connectivity index (χ4n) is 2.04. The number of hydrogen-bond acceptors (Lipinski definition) is 4. The van der Waals surface area contributed by atoms with E-state index in [1.807, 2.05) is 6.92 Å². The van der Waals surface area contributed by atoms with Gasteiger partial charge in [-0.25, -0.2) is 5.43 Å². The topological polar surface area (TPSA) is 70.9 Å². The van der Waals surface area contributed by atoms with Gasteiger partial charge in [0.05, 0.1) is 18.4 Å². The minimum Gasteiger partial charge on any atom is -0.508 e. The largest absolute Gasteiger partial charge is 0.508 e. The summed E-state index contributed by atoms with van der Waals surface area (Å²) >= 11 is 5.92. The minimum absolute atomic E-state index is 0.178. The van der Waals surface area contributed by atoms with Crippen molar-refractivity contribution >= 4 is 23.2 Å². The van der Waals surface area contributed by atoms with Crippen LogP contribution in [0.2, 0.25) is 5.02 Å². The first-order valence-corrected chi connectivity index (χ1v) is 7.42. The number of methoxy groups -OCH3 is 1. The SMILES string of the molecule is CCC(=NNC(=O)c1cc(Cl)ccc1OC)c1ccc(O)cc1. The van der Waals surface area contributed by atoms with Gasteiger partial charge in [-0.1, -0.05) is 18.5 Å². The van der Waals surface area contributed by atoms with Crippen molar-refractivity contribution in [3.8, 4) is 11.5 Å². The molecule has 0 bridgehead atoms. The van der Waals surface area contributed by atoms with Crippen LogP contribution in [0.5, 0.6) is 11.5 Å². The third-order valence-electron chi connectivity index (χ3n) is 3.23. The zero-order valence-electron chi connectivity index (χ0n) is 12.8. The van der Waals surface area contributed by atoms with Gasteiger partial charge >= 0.3 is 0 Å². The standard InChI is InChI=1S/C17H17ClN2O3/c1-3-15(11-4-7-13(21)8-5-11)19-20-17(22)14-10-12(18)6-9-16(14)23-2/h4-10,21H,3H2,1-2H3,(H,20,22). The molecule has 0 aliphatic rings. The molecule has 120 valence electrons. The number of nitrogens with one attached hydrogen (secondary N) is 1. The lowest BCUT2D eigenvalue weighted by molar-refractivity contribution is 0.0951. The minimum atomic E-state index is -0.408. The van der Waals surface area contributed by atoms with Crippen molar-refractivity contribution in [2.75, 3.05) is 7.11 Å². The first-order valence-electron chi connectivity index (χ1n) is 7.05. The van der Waals surface area contributed by atoms with Crippen LogP contribution in [0, 0.1) is 0 Å². The summed E-state index contributed by atoms with van der Waals surface area (Å²) in [5.41, 5.74) is 4.34. The molecule has 2 N–H and O–H groups in total. The van der Waals surface area contributed by atoms with E-state index in [-0.39, 0.29) is 5.75 Å². The molecule has 0 unspecified atom stereocenters. The molecule has 2 aromatic rings. The number of hydrogen-bond donors (Lipinski definition) is 2. The molecule has 0 aliphatic carbocycles. The summed E-state index contributed by atoms with van der Waals surface area (Å²) in [7, 11) is 1.48. The van der Waals surface area contributed by atoms with Gasteiger partial charge in [-0.05, 0) is 54.4 Å². The zero-order valence-corrected chi connectivity index (χ0v) is 13.6. The van der Waals surface area contributed by atoms with Crippen LogP contribution < -0.4 is 10.2 Å². The van der Waals surface area contributed by atoms with Gasteiger partial charge in [0.25, 0.3) is 5.91 Å². The Bertz CT molecular complexity index is 727. The molecule has 5 nitrogen and oxygen atoms in total. The van der Waals surface area contributed by atoms with Gasteiger partial charge in [0.2, 0.25) is 0 Å². The number of aromatic hydroxyl groups is 1. The third kappa shape index (κ3) is 4.23. The number of amides is 1. The number of phenols is 1. The molecule has 0 heterocycles. The van der Waals surface area contributed by atoms with E-state index < -0.39 is 5.91 Å². The highest BCUT2D eigenvalue weighted by atomic mass is 35.5. The van der Waals surface area contributed by atoms with Gasteiger partial charge in [0.15, 0.2) is 0 Å². The number of carbonyl (C=O) groups excluding carboxylic acids is 1. The highest BCUT2D eigenvalue weighted by Crippen LogP contribution is 2.22. The van der Waals surface area contributed by atoms with Crippen LogP contribution in [0.15, 0.2) is 47.6 Å². The predicted octanol–water partition coefficient (Wildman–Crippen LogP) is 3.60. The lowest BCUT2D eigenvalue weighted by Gasteiger charge is -2.09. The lowest BCUT2D eigenvalue weighted by Crippen LogP contribution is -2.20. The predicted molar refractivity (Wildman–Crippen MR) is 90.4 cm³/mol. The molecule has 2 rings (SSSR count). The van der Waals surface area contributed by atoms with E-state index in [0.717, 1.165) is 5.56 Å². The molecule has 0 saturated heterocycles. The number of hydrazone groups is 1. The van der Waals surface area contributed by atoms with Gasteiger partial charge in [-0.15, -0.1) is 0 Å². The molecule has 0 aliphatic heterocycles. The molecule has 0 atom stereocenters. The fraction of sp³-hybridized carbons (Fsp3) is 0.176. The van der Waals surface area contributed by atoms with E-state index >= 15 is 0 Å². The number of halogens is 1. The Hall–Kier alpha value is -2.53. The maximum atomic E-state index is 12.3. The van der Waals surface area contributed by atoms with Crippen LogP contribution >= 0.6 is 11.6 Å². The van der Waals surface area contributed by atoms with E-state index in [4.69, 9.17) is 16.3 Å². The highest BCUT2D eigenvalue weighted by molar-refractivity contribution is 6.31. The Kier molecular flexibility index (Phi) is 5.60. The van der Waals surface area contributed by atoms with Crippen molar-refractivity contribution in [3.63, 3.8) is 0 Å². The number of benzene rings is 2. The summed E-state index contributed by atoms with van der Waals surface area (Å²) in [6.07, 6.45) is 0.623. The molecule has 0 radical (unpaired) electrons. The van der Waals surface area contributed by atoms with Crippen molar-refractivity contribution in [2.45, 2.75) is 13.3 Å². The summed E-state index contributed by atoms with van der Waals surface area (Å²) in [5, 5.41) is 13.9. The second-order valence-corrected chi connectivity index (χ2v) is 5.18. The average Bonchev–Trinajstić information content (AvgIpc) is 2.56. The Labute approximate surface area is 139 Å². The van der Waals surface area contributed by atoms with Crippen LogP contribution in [0.4, 0.5) is 0 Å². The van der Waals surface area contributed by atoms with Crippen molar-refractivity contribution in [1.29, 1.82) is 0 Å². The Morgan fingerprint density at radius 2 is 1.96 bits per heavy atom. The molecule has 2 aromatic carbocycles. The Morgan fingerprint density at radius 3 is 2.57 bits per heavy atom. The summed E-state index contributed by atoms with van der Waals surface area (Å²) in [6.45, 7) is 1.93.